The summed E-state index contributed by atoms with van der Waals surface area (Å²) in [4.78, 5) is 25.6. The Labute approximate surface area is 155 Å². The van der Waals surface area contributed by atoms with Gasteiger partial charge in [0.25, 0.3) is 5.91 Å². The van der Waals surface area contributed by atoms with Crippen molar-refractivity contribution in [3.63, 3.8) is 0 Å². The fraction of sp³-hybridized carbons (Fsp3) is 0.316. The van der Waals surface area contributed by atoms with E-state index in [1.165, 1.54) is 6.20 Å². The molecule has 0 aromatic carbocycles. The van der Waals surface area contributed by atoms with Crippen molar-refractivity contribution in [1.82, 2.24) is 29.9 Å². The van der Waals surface area contributed by atoms with Crippen LogP contribution in [0.1, 0.15) is 47.4 Å². The molecule has 8 nitrogen and oxygen atoms in total. The molecule has 0 saturated heterocycles. The van der Waals surface area contributed by atoms with E-state index in [9.17, 15) is 4.79 Å². The van der Waals surface area contributed by atoms with Crippen LogP contribution in [-0.2, 0) is 0 Å². The number of carbonyl (C=O) groups is 1. The highest BCUT2D eigenvalue weighted by molar-refractivity contribution is 5.94. The van der Waals surface area contributed by atoms with E-state index in [0.29, 0.717) is 22.7 Å². The van der Waals surface area contributed by atoms with Crippen LogP contribution in [-0.4, -0.2) is 30.5 Å². The molecule has 0 saturated carbocycles. The third-order valence-electron chi connectivity index (χ3n) is 4.68. The second-order valence-corrected chi connectivity index (χ2v) is 6.88. The van der Waals surface area contributed by atoms with Crippen molar-refractivity contribution in [2.24, 2.45) is 5.92 Å². The van der Waals surface area contributed by atoms with Crippen LogP contribution in [0.5, 0.6) is 0 Å². The van der Waals surface area contributed by atoms with Crippen LogP contribution in [0.25, 0.3) is 16.7 Å². The minimum atomic E-state index is -0.346. The van der Waals surface area contributed by atoms with E-state index in [0.717, 1.165) is 16.7 Å². The molecular formula is C19H20N6O2. The third kappa shape index (κ3) is 2.92. The molecule has 0 spiro atoms. The zero-order valence-electron chi connectivity index (χ0n) is 15.6. The summed E-state index contributed by atoms with van der Waals surface area (Å²) in [6, 6.07) is 3.11. The fourth-order valence-corrected chi connectivity index (χ4v) is 3.04. The van der Waals surface area contributed by atoms with Gasteiger partial charge in [-0.05, 0) is 31.9 Å². The summed E-state index contributed by atoms with van der Waals surface area (Å²) in [6.07, 6.45) is 4.75. The number of amides is 1. The number of aromatic nitrogens is 5. The standard InChI is InChI=1S/C19H20N6O2/c1-10(2)15(22-18(26)13-6-5-7-20-8-13)16-23-17-14-11(3)12(4)27-19(14)21-9-25(17)24-16/h5-10,15H,1-4H3,(H,22,26)/t15-/m1/s1. The van der Waals surface area contributed by atoms with Crippen molar-refractivity contribution < 1.29 is 9.21 Å². The topological polar surface area (TPSA) is 98.2 Å². The van der Waals surface area contributed by atoms with Gasteiger partial charge in [-0.2, -0.15) is 0 Å². The van der Waals surface area contributed by atoms with Gasteiger partial charge in [0.05, 0.1) is 17.0 Å². The Hall–Kier alpha value is -3.29. The summed E-state index contributed by atoms with van der Waals surface area (Å²) in [5.41, 5.74) is 2.70. The molecule has 1 N–H and O–H groups in total. The minimum absolute atomic E-state index is 0.0960. The molecule has 0 radical (unpaired) electrons. The van der Waals surface area contributed by atoms with Gasteiger partial charge in [-0.3, -0.25) is 9.78 Å². The van der Waals surface area contributed by atoms with E-state index < -0.39 is 0 Å². The van der Waals surface area contributed by atoms with Crippen molar-refractivity contribution >= 4 is 22.7 Å². The summed E-state index contributed by atoms with van der Waals surface area (Å²) >= 11 is 0. The molecule has 0 fully saturated rings. The van der Waals surface area contributed by atoms with Crippen LogP contribution in [0.3, 0.4) is 0 Å². The van der Waals surface area contributed by atoms with Crippen molar-refractivity contribution in [2.75, 3.05) is 0 Å². The summed E-state index contributed by atoms with van der Waals surface area (Å²) in [5, 5.41) is 8.41. The summed E-state index contributed by atoms with van der Waals surface area (Å²) in [7, 11) is 0. The lowest BCUT2D eigenvalue weighted by Gasteiger charge is -2.19. The molecule has 1 atom stereocenters. The Balaban J connectivity index is 1.76. The highest BCUT2D eigenvalue weighted by atomic mass is 16.3. The number of fused-ring (bicyclic) bond motifs is 3. The maximum absolute atomic E-state index is 12.6. The van der Waals surface area contributed by atoms with Crippen LogP contribution in [0, 0.1) is 19.8 Å². The van der Waals surface area contributed by atoms with Gasteiger partial charge in [0, 0.05) is 18.0 Å². The van der Waals surface area contributed by atoms with Crippen LogP contribution >= 0.6 is 0 Å². The fourth-order valence-electron chi connectivity index (χ4n) is 3.04. The smallest absolute Gasteiger partial charge is 0.253 e. The first-order valence-electron chi connectivity index (χ1n) is 8.77. The monoisotopic (exact) mass is 364 g/mol. The van der Waals surface area contributed by atoms with Gasteiger partial charge in [-0.25, -0.2) is 14.5 Å². The average Bonchev–Trinajstić information content (AvgIpc) is 3.20. The number of pyridine rings is 1. The third-order valence-corrected chi connectivity index (χ3v) is 4.68. The number of nitrogens with one attached hydrogen (secondary N) is 1. The molecule has 4 aromatic heterocycles. The van der Waals surface area contributed by atoms with Gasteiger partial charge in [0.2, 0.25) is 5.71 Å². The molecule has 0 bridgehead atoms. The van der Waals surface area contributed by atoms with E-state index in [2.05, 4.69) is 20.4 Å². The Morgan fingerprint density at radius 1 is 1.30 bits per heavy atom. The number of rotatable bonds is 4. The number of furan rings is 1. The van der Waals surface area contributed by atoms with Gasteiger partial charge >= 0.3 is 0 Å². The molecule has 4 heterocycles. The molecule has 0 unspecified atom stereocenters. The normalized spacial score (nSPS) is 12.8. The Kier molecular flexibility index (Phi) is 4.10. The maximum Gasteiger partial charge on any atom is 0.253 e. The summed E-state index contributed by atoms with van der Waals surface area (Å²) in [5.74, 6) is 1.23. The molecule has 0 aliphatic heterocycles. The van der Waals surface area contributed by atoms with E-state index in [1.807, 2.05) is 27.7 Å². The predicted molar refractivity (Wildman–Crippen MR) is 99.3 cm³/mol. The molecule has 0 aliphatic rings. The quantitative estimate of drug-likeness (QED) is 0.598. The van der Waals surface area contributed by atoms with Crippen molar-refractivity contribution in [1.29, 1.82) is 0 Å². The first kappa shape index (κ1) is 17.1. The number of nitrogens with zero attached hydrogens (tertiary/aromatic N) is 5. The van der Waals surface area contributed by atoms with Gasteiger partial charge in [-0.1, -0.05) is 13.8 Å². The Morgan fingerprint density at radius 2 is 2.11 bits per heavy atom. The highest BCUT2D eigenvalue weighted by Gasteiger charge is 2.25. The lowest BCUT2D eigenvalue weighted by atomic mass is 10.0. The van der Waals surface area contributed by atoms with Gasteiger partial charge in [-0.15, -0.1) is 5.10 Å². The lowest BCUT2D eigenvalue weighted by molar-refractivity contribution is 0.0922. The highest BCUT2D eigenvalue weighted by Crippen LogP contribution is 2.27. The largest absolute Gasteiger partial charge is 0.443 e. The van der Waals surface area contributed by atoms with Crippen LogP contribution in [0.4, 0.5) is 0 Å². The number of aryl methyl sites for hydroxylation is 2. The second-order valence-electron chi connectivity index (χ2n) is 6.88. The Bertz CT molecular complexity index is 1130. The lowest BCUT2D eigenvalue weighted by Crippen LogP contribution is -2.32. The molecule has 4 rings (SSSR count). The maximum atomic E-state index is 12.6. The molecule has 27 heavy (non-hydrogen) atoms. The first-order chi connectivity index (χ1) is 13.0. The molecule has 1 amide bonds. The van der Waals surface area contributed by atoms with Crippen LogP contribution < -0.4 is 5.32 Å². The molecule has 8 heteroatoms. The zero-order chi connectivity index (χ0) is 19.1. The van der Waals surface area contributed by atoms with E-state index >= 15 is 0 Å². The van der Waals surface area contributed by atoms with Gasteiger partial charge in [0.1, 0.15) is 12.1 Å². The average molecular weight is 364 g/mol. The first-order valence-corrected chi connectivity index (χ1v) is 8.77. The molecular weight excluding hydrogens is 344 g/mol. The van der Waals surface area contributed by atoms with E-state index in [4.69, 9.17) is 9.40 Å². The number of hydrogen-bond acceptors (Lipinski definition) is 6. The SMILES string of the molecule is Cc1oc2ncn3nc([C@H](NC(=O)c4cccnc4)C(C)C)nc3c2c1C. The van der Waals surface area contributed by atoms with Crippen molar-refractivity contribution in [3.05, 3.63) is 53.6 Å². The Morgan fingerprint density at radius 3 is 2.81 bits per heavy atom. The van der Waals surface area contributed by atoms with E-state index in [-0.39, 0.29) is 17.9 Å². The number of carbonyl (C=O) groups excluding carboxylic acids is 1. The minimum Gasteiger partial charge on any atom is -0.443 e. The van der Waals surface area contributed by atoms with Crippen molar-refractivity contribution in [2.45, 2.75) is 33.7 Å². The summed E-state index contributed by atoms with van der Waals surface area (Å²) < 4.78 is 7.31. The molecule has 0 aliphatic carbocycles. The zero-order valence-corrected chi connectivity index (χ0v) is 15.6. The number of hydrogen-bond donors (Lipinski definition) is 1. The van der Waals surface area contributed by atoms with Gasteiger partial charge < -0.3 is 9.73 Å². The molecule has 4 aromatic rings. The molecule has 138 valence electrons. The van der Waals surface area contributed by atoms with Gasteiger partial charge in [0.15, 0.2) is 11.5 Å². The van der Waals surface area contributed by atoms with Crippen LogP contribution in [0.15, 0.2) is 35.3 Å². The van der Waals surface area contributed by atoms with Crippen molar-refractivity contribution in [3.8, 4) is 0 Å². The van der Waals surface area contributed by atoms with E-state index in [1.54, 1.807) is 29.2 Å². The second kappa shape index (κ2) is 6.46. The predicted octanol–water partition coefficient (Wildman–Crippen LogP) is 3.01. The summed E-state index contributed by atoms with van der Waals surface area (Å²) in [6.45, 7) is 7.90. The van der Waals surface area contributed by atoms with Crippen LogP contribution in [0.2, 0.25) is 0 Å².